The van der Waals surface area contributed by atoms with Gasteiger partial charge in [0.05, 0.1) is 12.5 Å². The van der Waals surface area contributed by atoms with Crippen molar-refractivity contribution < 1.29 is 22.9 Å². The van der Waals surface area contributed by atoms with Crippen LogP contribution in [0.2, 0.25) is 0 Å². The monoisotopic (exact) mass is 407 g/mol. The molecule has 1 aromatic heterocycles. The molecule has 2 fully saturated rings. The molecule has 2 aliphatic heterocycles. The largest absolute Gasteiger partial charge is 0.506 e. The lowest BCUT2D eigenvalue weighted by molar-refractivity contribution is -0.117. The lowest BCUT2D eigenvalue weighted by atomic mass is 9.91. The first-order valence-corrected chi connectivity index (χ1v) is 10.3. The number of benzene rings is 1. The number of phenolic OH excluding ortho intramolecular Hbond substituents is 1. The summed E-state index contributed by atoms with van der Waals surface area (Å²) in [7, 11) is 0. The van der Waals surface area contributed by atoms with Gasteiger partial charge in [0, 0.05) is 18.7 Å². The van der Waals surface area contributed by atoms with Crippen molar-refractivity contribution in [1.82, 2.24) is 9.62 Å². The third kappa shape index (κ3) is 4.05. The zero-order chi connectivity index (χ0) is 19.7. The van der Waals surface area contributed by atoms with Crippen LogP contribution in [0.4, 0.5) is 10.1 Å². The molecule has 0 radical (unpaired) electrons. The number of halogens is 1. The molecule has 150 valence electrons. The molecule has 1 amide bonds. The molecule has 0 saturated carbocycles. The van der Waals surface area contributed by atoms with E-state index in [0.29, 0.717) is 17.9 Å². The number of furan rings is 1. The molecule has 28 heavy (non-hydrogen) atoms. The lowest BCUT2D eigenvalue weighted by Crippen LogP contribution is -2.35. The molecule has 4 rings (SSSR count). The molecule has 0 bridgehead atoms. The molecule has 2 aliphatic rings. The van der Waals surface area contributed by atoms with Gasteiger partial charge in [-0.1, -0.05) is 0 Å². The predicted molar refractivity (Wildman–Crippen MR) is 102 cm³/mol. The van der Waals surface area contributed by atoms with Crippen LogP contribution >= 0.6 is 0 Å². The maximum absolute atomic E-state index is 14.7. The van der Waals surface area contributed by atoms with Gasteiger partial charge in [-0.3, -0.25) is 18.7 Å². The van der Waals surface area contributed by atoms with E-state index in [9.17, 15) is 18.5 Å². The fourth-order valence-electron chi connectivity index (χ4n) is 3.98. The third-order valence-electron chi connectivity index (χ3n) is 5.15. The van der Waals surface area contributed by atoms with Gasteiger partial charge >= 0.3 is 0 Å². The maximum atomic E-state index is 14.7. The number of nitrogens with one attached hydrogen (secondary N) is 1. The molecule has 0 spiro atoms. The Balaban J connectivity index is 1.45. The van der Waals surface area contributed by atoms with Crippen LogP contribution < -0.4 is 9.03 Å². The summed E-state index contributed by atoms with van der Waals surface area (Å²) >= 11 is -1.88. The Kier molecular flexibility index (Phi) is 5.36. The van der Waals surface area contributed by atoms with Gasteiger partial charge in [0.2, 0.25) is 11.2 Å². The van der Waals surface area contributed by atoms with E-state index in [0.717, 1.165) is 42.3 Å². The number of nitrogens with zero attached hydrogens (tertiary/aromatic N) is 2. The molecule has 2 N–H and O–H groups in total. The van der Waals surface area contributed by atoms with E-state index in [1.54, 1.807) is 12.5 Å². The lowest BCUT2D eigenvalue weighted by Gasteiger charge is -2.32. The second-order valence-electron chi connectivity index (χ2n) is 7.34. The molecule has 9 heteroatoms. The molecular formula is C19H22FN3O4S. The van der Waals surface area contributed by atoms with Gasteiger partial charge < -0.3 is 9.52 Å². The highest BCUT2D eigenvalue weighted by molar-refractivity contribution is 7.85. The second-order valence-corrected chi connectivity index (χ2v) is 8.48. The highest BCUT2D eigenvalue weighted by Gasteiger charge is 2.31. The Hall–Kier alpha value is -2.39. The van der Waals surface area contributed by atoms with Crippen molar-refractivity contribution in [2.45, 2.75) is 25.8 Å². The van der Waals surface area contributed by atoms with E-state index in [-0.39, 0.29) is 18.0 Å². The third-order valence-corrected chi connectivity index (χ3v) is 6.27. The fourth-order valence-corrected chi connectivity index (χ4v) is 4.93. The summed E-state index contributed by atoms with van der Waals surface area (Å²) in [5.41, 5.74) is 1.62. The minimum atomic E-state index is -1.88. The van der Waals surface area contributed by atoms with Crippen molar-refractivity contribution in [3.8, 4) is 5.75 Å². The highest BCUT2D eigenvalue weighted by Crippen LogP contribution is 2.35. The predicted octanol–water partition coefficient (Wildman–Crippen LogP) is 2.09. The van der Waals surface area contributed by atoms with Gasteiger partial charge in [-0.2, -0.15) is 0 Å². The summed E-state index contributed by atoms with van der Waals surface area (Å²) in [5.74, 6) is -1.09. The van der Waals surface area contributed by atoms with Crippen molar-refractivity contribution in [2.75, 3.05) is 23.9 Å². The van der Waals surface area contributed by atoms with Crippen LogP contribution in [0.25, 0.3) is 0 Å². The van der Waals surface area contributed by atoms with Crippen LogP contribution in [0.3, 0.4) is 0 Å². The Morgan fingerprint density at radius 2 is 2.21 bits per heavy atom. The molecule has 2 saturated heterocycles. The zero-order valence-corrected chi connectivity index (χ0v) is 16.1. The van der Waals surface area contributed by atoms with Gasteiger partial charge in [-0.25, -0.2) is 8.60 Å². The first-order chi connectivity index (χ1) is 13.5. The SMILES string of the molecule is O=C1CN(c2c(O)cc(CC3CCCN(Cc4ccoc4)C3)cc2F)S(=O)N1. The second kappa shape index (κ2) is 7.92. The Bertz CT molecular complexity index is 866. The highest BCUT2D eigenvalue weighted by atomic mass is 32.2. The zero-order valence-electron chi connectivity index (χ0n) is 15.3. The van der Waals surface area contributed by atoms with Crippen molar-refractivity contribution >= 4 is 22.8 Å². The molecule has 2 unspecified atom stereocenters. The summed E-state index contributed by atoms with van der Waals surface area (Å²) in [5, 5.41) is 10.3. The number of likely N-dealkylation sites (tertiary alicyclic amines) is 1. The van der Waals surface area contributed by atoms with E-state index in [1.165, 1.54) is 12.1 Å². The van der Waals surface area contributed by atoms with E-state index in [2.05, 4.69) is 9.62 Å². The molecule has 7 nitrogen and oxygen atoms in total. The van der Waals surface area contributed by atoms with E-state index in [1.807, 2.05) is 6.07 Å². The van der Waals surface area contributed by atoms with Crippen molar-refractivity contribution in [1.29, 1.82) is 0 Å². The van der Waals surface area contributed by atoms with E-state index in [4.69, 9.17) is 4.42 Å². The number of anilines is 1. The summed E-state index contributed by atoms with van der Waals surface area (Å²) in [6.07, 6.45) is 6.17. The average Bonchev–Trinajstić information content (AvgIpc) is 3.24. The minimum Gasteiger partial charge on any atom is -0.506 e. The molecule has 3 heterocycles. The summed E-state index contributed by atoms with van der Waals surface area (Å²) in [4.78, 5) is 13.7. The quantitative estimate of drug-likeness (QED) is 0.793. The molecule has 1 aromatic carbocycles. The average molecular weight is 407 g/mol. The Labute approximate surface area is 164 Å². The number of aromatic hydroxyl groups is 1. The normalized spacial score (nSPS) is 23.2. The number of hydrogen-bond acceptors (Lipinski definition) is 5. The van der Waals surface area contributed by atoms with Crippen LogP contribution in [0.5, 0.6) is 5.75 Å². The van der Waals surface area contributed by atoms with E-state index < -0.39 is 22.9 Å². The minimum absolute atomic E-state index is 0.203. The molecule has 0 aliphatic carbocycles. The van der Waals surface area contributed by atoms with Gasteiger partial charge in [0.25, 0.3) is 5.91 Å². The molecular weight excluding hydrogens is 385 g/mol. The summed E-state index contributed by atoms with van der Waals surface area (Å²) in [6.45, 7) is 2.49. The summed E-state index contributed by atoms with van der Waals surface area (Å²) < 4.78 is 34.9. The van der Waals surface area contributed by atoms with Crippen molar-refractivity contribution in [3.05, 3.63) is 47.7 Å². The van der Waals surface area contributed by atoms with Crippen molar-refractivity contribution in [2.24, 2.45) is 5.92 Å². The number of carbonyl (C=O) groups is 1. The number of hydrogen-bond donors (Lipinski definition) is 2. The fraction of sp³-hybridized carbons (Fsp3) is 0.421. The topological polar surface area (TPSA) is 86.0 Å². The first-order valence-electron chi connectivity index (χ1n) is 9.23. The first kappa shape index (κ1) is 18.9. The van der Waals surface area contributed by atoms with Gasteiger partial charge in [-0.05, 0) is 55.5 Å². The number of carbonyl (C=O) groups excluding carboxylic acids is 1. The number of rotatable bonds is 5. The van der Waals surface area contributed by atoms with Crippen LogP contribution in [-0.2, 0) is 28.9 Å². The smallest absolute Gasteiger partial charge is 0.253 e. The van der Waals surface area contributed by atoms with Crippen LogP contribution in [0, 0.1) is 11.7 Å². The van der Waals surface area contributed by atoms with Gasteiger partial charge in [0.15, 0.2) is 5.82 Å². The number of piperidine rings is 1. The molecule has 2 atom stereocenters. The number of phenols is 1. The van der Waals surface area contributed by atoms with Crippen molar-refractivity contribution in [3.63, 3.8) is 0 Å². The number of amides is 1. The standard InChI is InChI=1S/C19H22FN3O4S/c20-16-7-15(8-17(24)19(16)23-11-18(25)21-28(23)26)6-13-2-1-4-22(9-13)10-14-3-5-27-12-14/h3,5,7-8,12-13,24H,1-2,4,6,9-11H2,(H,21,25). The van der Waals surface area contributed by atoms with Crippen LogP contribution in [0.1, 0.15) is 24.0 Å². The Morgan fingerprint density at radius 1 is 1.36 bits per heavy atom. The van der Waals surface area contributed by atoms with E-state index >= 15 is 0 Å². The summed E-state index contributed by atoms with van der Waals surface area (Å²) in [6, 6.07) is 4.83. The van der Waals surface area contributed by atoms with Crippen LogP contribution in [-0.4, -0.2) is 39.8 Å². The molecule has 2 aromatic rings. The maximum Gasteiger partial charge on any atom is 0.253 e. The van der Waals surface area contributed by atoms with Gasteiger partial charge in [0.1, 0.15) is 18.0 Å². The van der Waals surface area contributed by atoms with Crippen LogP contribution in [0.15, 0.2) is 35.1 Å². The van der Waals surface area contributed by atoms with Gasteiger partial charge in [-0.15, -0.1) is 0 Å². The Morgan fingerprint density at radius 3 is 2.89 bits per heavy atom.